The van der Waals surface area contributed by atoms with Crippen molar-refractivity contribution >= 4 is 5.91 Å². The van der Waals surface area contributed by atoms with E-state index in [9.17, 15) is 4.79 Å². The Kier molecular flexibility index (Phi) is 5.05. The largest absolute Gasteiger partial charge is 0.375 e. The minimum Gasteiger partial charge on any atom is -0.375 e. The smallest absolute Gasteiger partial charge is 0.295 e. The van der Waals surface area contributed by atoms with Crippen LogP contribution in [-0.2, 0) is 9.53 Å². The van der Waals surface area contributed by atoms with E-state index < -0.39 is 0 Å². The summed E-state index contributed by atoms with van der Waals surface area (Å²) in [4.78, 5) is 11.0. The minimum atomic E-state index is -0.236. The molecule has 1 rings (SSSR count). The molecule has 1 unspecified atom stereocenters. The van der Waals surface area contributed by atoms with Crippen LogP contribution in [0.4, 0.5) is 0 Å². The molecule has 0 radical (unpaired) electrons. The van der Waals surface area contributed by atoms with Gasteiger partial charge in [0.25, 0.3) is 5.91 Å². The van der Waals surface area contributed by atoms with Gasteiger partial charge in [0.15, 0.2) is 0 Å². The molecule has 1 aliphatic heterocycles. The molecule has 1 aliphatic rings. The number of rotatable bonds is 2. The summed E-state index contributed by atoms with van der Waals surface area (Å²) in [5, 5.41) is 5.94. The third kappa shape index (κ3) is 4.26. The minimum absolute atomic E-state index is 0.0695. The average molecular weight is 196 g/mol. The maximum atomic E-state index is 11.0. The lowest BCUT2D eigenvalue weighted by Crippen LogP contribution is -2.37. The van der Waals surface area contributed by atoms with Crippen molar-refractivity contribution in [3.05, 3.63) is 0 Å². The van der Waals surface area contributed by atoms with Crippen LogP contribution in [0.1, 0.15) is 13.3 Å². The molecule has 2 N–H and O–H groups in total. The third-order valence-corrected chi connectivity index (χ3v) is 1.95. The monoisotopic (exact) mass is 196 g/mol. The van der Waals surface area contributed by atoms with Crippen molar-refractivity contribution in [2.45, 2.75) is 19.4 Å². The lowest BCUT2D eigenvalue weighted by Gasteiger charge is -2.14. The van der Waals surface area contributed by atoms with Gasteiger partial charge in [0.2, 0.25) is 0 Å². The standard InChI is InChI=1S/C10H16N2O2/c1-2-4-10(13)12-8-9-7-11-5-3-6-14-9/h9,11H,3,5-8H2,1H3,(H,12,13). The molecule has 1 amide bonds. The Hall–Kier alpha value is -1.05. The van der Waals surface area contributed by atoms with Crippen LogP contribution in [0.25, 0.3) is 0 Å². The zero-order valence-electron chi connectivity index (χ0n) is 8.43. The molecule has 0 spiro atoms. The summed E-state index contributed by atoms with van der Waals surface area (Å²) in [6.45, 7) is 4.70. The van der Waals surface area contributed by atoms with E-state index in [1.54, 1.807) is 6.92 Å². The number of carbonyl (C=O) groups excluding carboxylic acids is 1. The molecule has 0 aromatic heterocycles. The molecule has 1 fully saturated rings. The molecule has 0 aliphatic carbocycles. The van der Waals surface area contributed by atoms with Crippen LogP contribution in [0, 0.1) is 11.8 Å². The number of hydrogen-bond acceptors (Lipinski definition) is 3. The first-order valence-corrected chi connectivity index (χ1v) is 4.86. The highest BCUT2D eigenvalue weighted by Gasteiger charge is 2.12. The molecule has 1 atom stereocenters. The van der Waals surface area contributed by atoms with Crippen molar-refractivity contribution in [3.63, 3.8) is 0 Å². The molecule has 0 aromatic carbocycles. The van der Waals surface area contributed by atoms with E-state index in [1.165, 1.54) is 0 Å². The molecule has 0 bridgehead atoms. The summed E-state index contributed by atoms with van der Waals surface area (Å²) >= 11 is 0. The first-order chi connectivity index (χ1) is 6.83. The Bertz CT molecular complexity index is 234. The van der Waals surface area contributed by atoms with Crippen LogP contribution < -0.4 is 10.6 Å². The van der Waals surface area contributed by atoms with E-state index in [0.29, 0.717) is 6.54 Å². The van der Waals surface area contributed by atoms with Gasteiger partial charge in [-0.1, -0.05) is 5.92 Å². The van der Waals surface area contributed by atoms with Gasteiger partial charge in [0, 0.05) is 19.7 Å². The summed E-state index contributed by atoms with van der Waals surface area (Å²) in [5.74, 6) is 4.74. The van der Waals surface area contributed by atoms with Crippen molar-refractivity contribution < 1.29 is 9.53 Å². The quantitative estimate of drug-likeness (QED) is 0.586. The summed E-state index contributed by atoms with van der Waals surface area (Å²) in [6.07, 6.45) is 1.10. The fourth-order valence-corrected chi connectivity index (χ4v) is 1.26. The fraction of sp³-hybridized carbons (Fsp3) is 0.700. The van der Waals surface area contributed by atoms with Gasteiger partial charge in [-0.15, -0.1) is 0 Å². The van der Waals surface area contributed by atoms with Crippen LogP contribution in [0.3, 0.4) is 0 Å². The van der Waals surface area contributed by atoms with Gasteiger partial charge in [-0.3, -0.25) is 4.79 Å². The van der Waals surface area contributed by atoms with E-state index in [1.807, 2.05) is 0 Å². The van der Waals surface area contributed by atoms with E-state index in [2.05, 4.69) is 22.5 Å². The zero-order chi connectivity index (χ0) is 10.2. The second-order valence-electron chi connectivity index (χ2n) is 3.14. The molecular formula is C10H16N2O2. The Labute approximate surface area is 84.4 Å². The molecular weight excluding hydrogens is 180 g/mol. The first-order valence-electron chi connectivity index (χ1n) is 4.86. The van der Waals surface area contributed by atoms with Gasteiger partial charge in [-0.25, -0.2) is 0 Å². The van der Waals surface area contributed by atoms with Crippen LogP contribution in [-0.4, -0.2) is 38.3 Å². The summed E-state index contributed by atoms with van der Waals surface area (Å²) in [7, 11) is 0. The summed E-state index contributed by atoms with van der Waals surface area (Å²) < 4.78 is 5.51. The predicted octanol–water partition coefficient (Wildman–Crippen LogP) is -0.496. The molecule has 4 heteroatoms. The highest BCUT2D eigenvalue weighted by molar-refractivity contribution is 5.93. The lowest BCUT2D eigenvalue weighted by atomic mass is 10.3. The van der Waals surface area contributed by atoms with Crippen molar-refractivity contribution in [1.29, 1.82) is 0 Å². The molecule has 1 saturated heterocycles. The highest BCUT2D eigenvalue weighted by Crippen LogP contribution is 1.95. The fourth-order valence-electron chi connectivity index (χ4n) is 1.26. The van der Waals surface area contributed by atoms with Crippen molar-refractivity contribution in [3.8, 4) is 11.8 Å². The topological polar surface area (TPSA) is 50.4 Å². The predicted molar refractivity (Wildman–Crippen MR) is 53.7 cm³/mol. The number of ether oxygens (including phenoxy) is 1. The van der Waals surface area contributed by atoms with Crippen LogP contribution in [0.2, 0.25) is 0 Å². The molecule has 0 saturated carbocycles. The Balaban J connectivity index is 2.21. The van der Waals surface area contributed by atoms with Gasteiger partial charge in [0.1, 0.15) is 0 Å². The second-order valence-corrected chi connectivity index (χ2v) is 3.14. The van der Waals surface area contributed by atoms with Gasteiger partial charge >= 0.3 is 0 Å². The van der Waals surface area contributed by atoms with Crippen LogP contribution in [0.5, 0.6) is 0 Å². The van der Waals surface area contributed by atoms with E-state index in [0.717, 1.165) is 26.1 Å². The molecule has 78 valence electrons. The first kappa shape index (κ1) is 11.0. The number of amides is 1. The molecule has 1 heterocycles. The summed E-state index contributed by atoms with van der Waals surface area (Å²) in [5.41, 5.74) is 0. The maximum Gasteiger partial charge on any atom is 0.295 e. The highest BCUT2D eigenvalue weighted by atomic mass is 16.5. The van der Waals surface area contributed by atoms with E-state index >= 15 is 0 Å². The van der Waals surface area contributed by atoms with Crippen molar-refractivity contribution in [2.24, 2.45) is 0 Å². The van der Waals surface area contributed by atoms with Crippen molar-refractivity contribution in [1.82, 2.24) is 10.6 Å². The number of hydrogen-bond donors (Lipinski definition) is 2. The van der Waals surface area contributed by atoms with Gasteiger partial charge in [-0.2, -0.15) is 0 Å². The molecule has 14 heavy (non-hydrogen) atoms. The number of carbonyl (C=O) groups is 1. The lowest BCUT2D eigenvalue weighted by molar-refractivity contribution is -0.116. The second kappa shape index (κ2) is 6.41. The Morgan fingerprint density at radius 1 is 1.71 bits per heavy atom. The average Bonchev–Trinajstić information content (AvgIpc) is 2.43. The Morgan fingerprint density at radius 2 is 2.57 bits per heavy atom. The Morgan fingerprint density at radius 3 is 3.36 bits per heavy atom. The van der Waals surface area contributed by atoms with Crippen LogP contribution in [0.15, 0.2) is 0 Å². The number of nitrogens with one attached hydrogen (secondary N) is 2. The van der Waals surface area contributed by atoms with Crippen LogP contribution >= 0.6 is 0 Å². The molecule has 4 nitrogen and oxygen atoms in total. The molecule has 0 aromatic rings. The van der Waals surface area contributed by atoms with Gasteiger partial charge < -0.3 is 15.4 Å². The maximum absolute atomic E-state index is 11.0. The normalized spacial score (nSPS) is 21.6. The SMILES string of the molecule is CC#CC(=O)NCC1CNCCCO1. The zero-order valence-corrected chi connectivity index (χ0v) is 8.43. The third-order valence-electron chi connectivity index (χ3n) is 1.95. The van der Waals surface area contributed by atoms with Gasteiger partial charge in [-0.05, 0) is 25.8 Å². The summed E-state index contributed by atoms with van der Waals surface area (Å²) in [6, 6.07) is 0. The van der Waals surface area contributed by atoms with E-state index in [4.69, 9.17) is 4.74 Å². The van der Waals surface area contributed by atoms with Gasteiger partial charge in [0.05, 0.1) is 6.10 Å². The van der Waals surface area contributed by atoms with E-state index in [-0.39, 0.29) is 12.0 Å². The van der Waals surface area contributed by atoms with Crippen molar-refractivity contribution in [2.75, 3.05) is 26.2 Å².